The maximum absolute atomic E-state index is 14.2. The van der Waals surface area contributed by atoms with Gasteiger partial charge in [-0.25, -0.2) is 9.18 Å². The molecule has 0 spiro atoms. The fourth-order valence-electron chi connectivity index (χ4n) is 3.23. The molecule has 2 aromatic rings. The Balaban J connectivity index is 2.29. The number of aliphatic carboxylic acids is 2. The van der Waals surface area contributed by atoms with Gasteiger partial charge in [0.25, 0.3) is 0 Å². The van der Waals surface area contributed by atoms with Crippen molar-refractivity contribution in [2.24, 2.45) is 5.41 Å². The van der Waals surface area contributed by atoms with Gasteiger partial charge in [0.15, 0.2) is 5.41 Å². The lowest BCUT2D eigenvalue weighted by atomic mass is 9.82. The van der Waals surface area contributed by atoms with E-state index in [1.807, 2.05) is 0 Å². The third-order valence-electron chi connectivity index (χ3n) is 5.00. The number of nitrogens with one attached hydrogen (secondary N) is 1. The molecule has 1 atom stereocenters. The van der Waals surface area contributed by atoms with E-state index < -0.39 is 40.9 Å². The van der Waals surface area contributed by atoms with Crippen LogP contribution in [0.5, 0.6) is 0 Å². The van der Waals surface area contributed by atoms with E-state index >= 15 is 0 Å². The lowest BCUT2D eigenvalue weighted by Gasteiger charge is -2.28. The normalized spacial score (nSPS) is 12.7. The third kappa shape index (κ3) is 7.18. The topological polar surface area (TPSA) is 113 Å². The first-order chi connectivity index (χ1) is 15.2. The number of alkyl carbamates (subject to hydrolysis) is 1. The number of hydrogen-bond donors (Lipinski definition) is 3. The van der Waals surface area contributed by atoms with Crippen molar-refractivity contribution in [2.45, 2.75) is 52.2 Å². The Morgan fingerprint density at radius 2 is 1.61 bits per heavy atom. The predicted octanol–water partition coefficient (Wildman–Crippen LogP) is 5.15. The number of amides is 1. The van der Waals surface area contributed by atoms with Gasteiger partial charge in [-0.2, -0.15) is 0 Å². The zero-order valence-electron chi connectivity index (χ0n) is 18.8. The highest BCUT2D eigenvalue weighted by molar-refractivity contribution is 6.30. The maximum Gasteiger partial charge on any atom is 0.407 e. The average Bonchev–Trinajstić information content (AvgIpc) is 2.68. The summed E-state index contributed by atoms with van der Waals surface area (Å²) in [6, 6.07) is 10.1. The van der Waals surface area contributed by atoms with Crippen molar-refractivity contribution in [3.8, 4) is 11.1 Å². The molecule has 178 valence electrons. The van der Waals surface area contributed by atoms with Crippen LogP contribution in [0.2, 0.25) is 5.02 Å². The van der Waals surface area contributed by atoms with E-state index in [-0.39, 0.29) is 12.8 Å². The summed E-state index contributed by atoms with van der Waals surface area (Å²) in [6.07, 6.45) is -1.03. The third-order valence-corrected chi connectivity index (χ3v) is 5.23. The summed E-state index contributed by atoms with van der Waals surface area (Å²) in [6.45, 7) is 6.11. The van der Waals surface area contributed by atoms with Crippen LogP contribution >= 0.6 is 11.6 Å². The molecule has 0 bridgehead atoms. The van der Waals surface area contributed by atoms with Crippen LogP contribution in [0.15, 0.2) is 42.5 Å². The van der Waals surface area contributed by atoms with Gasteiger partial charge in [0.2, 0.25) is 0 Å². The highest BCUT2D eigenvalue weighted by atomic mass is 35.5. The first-order valence-corrected chi connectivity index (χ1v) is 10.6. The number of ether oxygens (including phenoxy) is 1. The second-order valence-corrected chi connectivity index (χ2v) is 9.45. The van der Waals surface area contributed by atoms with E-state index in [1.165, 1.54) is 18.2 Å². The Kier molecular flexibility index (Phi) is 8.08. The Bertz CT molecular complexity index is 1020. The van der Waals surface area contributed by atoms with Crippen molar-refractivity contribution < 1.29 is 33.7 Å². The molecule has 2 aromatic carbocycles. The number of carbonyl (C=O) groups excluding carboxylic acids is 1. The van der Waals surface area contributed by atoms with E-state index in [0.717, 1.165) is 6.92 Å². The fourth-order valence-corrected chi connectivity index (χ4v) is 3.40. The van der Waals surface area contributed by atoms with Crippen molar-refractivity contribution in [1.29, 1.82) is 0 Å². The molecule has 0 saturated heterocycles. The number of rotatable bonds is 8. The Hall–Kier alpha value is -3.13. The van der Waals surface area contributed by atoms with Crippen LogP contribution in [0.4, 0.5) is 9.18 Å². The van der Waals surface area contributed by atoms with E-state index in [0.29, 0.717) is 21.7 Å². The van der Waals surface area contributed by atoms with Gasteiger partial charge in [-0.15, -0.1) is 0 Å². The summed E-state index contributed by atoms with van der Waals surface area (Å²) in [5.41, 5.74) is -1.33. The van der Waals surface area contributed by atoms with E-state index in [4.69, 9.17) is 16.3 Å². The number of halogens is 2. The molecule has 33 heavy (non-hydrogen) atoms. The van der Waals surface area contributed by atoms with Gasteiger partial charge in [-0.1, -0.05) is 35.9 Å². The van der Waals surface area contributed by atoms with E-state index in [2.05, 4.69) is 5.32 Å². The predicted molar refractivity (Wildman–Crippen MR) is 122 cm³/mol. The Labute approximate surface area is 196 Å². The lowest BCUT2D eigenvalue weighted by molar-refractivity contribution is -0.164. The van der Waals surface area contributed by atoms with Crippen LogP contribution in [0, 0.1) is 11.2 Å². The van der Waals surface area contributed by atoms with Gasteiger partial charge in [0.1, 0.15) is 11.4 Å². The van der Waals surface area contributed by atoms with Crippen molar-refractivity contribution in [3.05, 3.63) is 58.9 Å². The second kappa shape index (κ2) is 10.2. The average molecular weight is 480 g/mol. The smallest absolute Gasteiger partial charge is 0.407 e. The molecule has 0 aliphatic heterocycles. The summed E-state index contributed by atoms with van der Waals surface area (Å²) < 4.78 is 19.4. The Morgan fingerprint density at radius 1 is 1.03 bits per heavy atom. The zero-order chi connectivity index (χ0) is 25.0. The molecule has 2 rings (SSSR count). The molecule has 0 fully saturated rings. The standard InChI is InChI=1S/C24H27ClFNO6/c1-23(2,3)33-22(32)27-17(13-24(4,20(28)29)21(30)31)11-14-5-7-15(8-6-14)18-12-16(25)9-10-19(18)26/h5-10,12,17H,11,13H2,1-4H3,(H,27,32)(H,28,29)(H,30,31)/t17-/m1/s1. The molecule has 0 aromatic heterocycles. The van der Waals surface area contributed by atoms with Gasteiger partial charge < -0.3 is 20.3 Å². The zero-order valence-corrected chi connectivity index (χ0v) is 19.6. The van der Waals surface area contributed by atoms with Crippen LogP contribution in [0.1, 0.15) is 39.7 Å². The molecular formula is C24H27ClFNO6. The molecule has 0 heterocycles. The molecule has 9 heteroatoms. The first kappa shape index (κ1) is 26.1. The fraction of sp³-hybridized carbons (Fsp3) is 0.375. The van der Waals surface area contributed by atoms with Crippen LogP contribution in [0.3, 0.4) is 0 Å². The van der Waals surface area contributed by atoms with Crippen LogP contribution < -0.4 is 5.32 Å². The van der Waals surface area contributed by atoms with Crippen molar-refractivity contribution in [3.63, 3.8) is 0 Å². The van der Waals surface area contributed by atoms with E-state index in [9.17, 15) is 29.0 Å². The van der Waals surface area contributed by atoms with Gasteiger partial charge in [0.05, 0.1) is 0 Å². The van der Waals surface area contributed by atoms with Crippen LogP contribution in [-0.2, 0) is 20.7 Å². The summed E-state index contributed by atoms with van der Waals surface area (Å²) in [5, 5.41) is 21.9. The largest absolute Gasteiger partial charge is 0.480 e. The van der Waals surface area contributed by atoms with Crippen LogP contribution in [0.25, 0.3) is 11.1 Å². The highest BCUT2D eigenvalue weighted by Crippen LogP contribution is 2.28. The molecule has 7 nitrogen and oxygen atoms in total. The minimum Gasteiger partial charge on any atom is -0.480 e. The number of hydrogen-bond acceptors (Lipinski definition) is 4. The number of carboxylic acid groups (broad SMARTS) is 2. The molecular weight excluding hydrogens is 453 g/mol. The number of carboxylic acids is 2. The summed E-state index contributed by atoms with van der Waals surface area (Å²) in [4.78, 5) is 35.6. The van der Waals surface area contributed by atoms with Crippen molar-refractivity contribution in [2.75, 3.05) is 0 Å². The van der Waals surface area contributed by atoms with E-state index in [1.54, 1.807) is 45.0 Å². The van der Waals surface area contributed by atoms with Gasteiger partial charge in [0, 0.05) is 16.6 Å². The number of carbonyl (C=O) groups is 3. The van der Waals surface area contributed by atoms with Crippen molar-refractivity contribution in [1.82, 2.24) is 5.32 Å². The van der Waals surface area contributed by atoms with Crippen LogP contribution in [-0.4, -0.2) is 39.9 Å². The molecule has 0 aliphatic rings. The molecule has 0 saturated carbocycles. The summed E-state index contributed by atoms with van der Waals surface area (Å²) in [7, 11) is 0. The molecule has 0 unspecified atom stereocenters. The van der Waals surface area contributed by atoms with Gasteiger partial charge >= 0.3 is 18.0 Å². The van der Waals surface area contributed by atoms with Gasteiger partial charge in [-0.3, -0.25) is 9.59 Å². The summed E-state index contributed by atoms with van der Waals surface area (Å²) in [5.74, 6) is -3.47. The lowest BCUT2D eigenvalue weighted by Crippen LogP contribution is -2.47. The quantitative estimate of drug-likeness (QED) is 0.451. The molecule has 0 radical (unpaired) electrons. The minimum atomic E-state index is -2.12. The molecule has 0 aliphatic carbocycles. The van der Waals surface area contributed by atoms with Crippen molar-refractivity contribution >= 4 is 29.6 Å². The highest BCUT2D eigenvalue weighted by Gasteiger charge is 2.44. The maximum atomic E-state index is 14.2. The SMILES string of the molecule is CC(C)(C)OC(=O)N[C@H](Cc1ccc(-c2cc(Cl)ccc2F)cc1)CC(C)(C(=O)O)C(=O)O. The Morgan fingerprint density at radius 3 is 2.12 bits per heavy atom. The molecule has 1 amide bonds. The summed E-state index contributed by atoms with van der Waals surface area (Å²) >= 11 is 5.96. The monoisotopic (exact) mass is 479 g/mol. The first-order valence-electron chi connectivity index (χ1n) is 10.2. The van der Waals surface area contributed by atoms with Gasteiger partial charge in [-0.05, 0) is 69.9 Å². The molecule has 3 N–H and O–H groups in total. The number of benzene rings is 2. The minimum absolute atomic E-state index is 0.133. The second-order valence-electron chi connectivity index (χ2n) is 9.01.